The van der Waals surface area contributed by atoms with E-state index in [0.29, 0.717) is 12.1 Å². The predicted octanol–water partition coefficient (Wildman–Crippen LogP) is 4.95. The van der Waals surface area contributed by atoms with Gasteiger partial charge in [0.05, 0.1) is 16.4 Å². The number of benzene rings is 2. The van der Waals surface area contributed by atoms with Crippen LogP contribution in [0.2, 0.25) is 5.02 Å². The first-order chi connectivity index (χ1) is 13.4. The van der Waals surface area contributed by atoms with E-state index in [2.05, 4.69) is 5.10 Å². The van der Waals surface area contributed by atoms with E-state index in [9.17, 15) is 9.18 Å². The molecule has 1 amide bonds. The van der Waals surface area contributed by atoms with E-state index in [1.165, 1.54) is 18.2 Å². The first kappa shape index (κ1) is 19.8. The predicted molar refractivity (Wildman–Crippen MR) is 110 cm³/mol. The van der Waals surface area contributed by atoms with Crippen LogP contribution in [-0.4, -0.2) is 27.6 Å². The smallest absolute Gasteiger partial charge is 0.246 e. The van der Waals surface area contributed by atoms with Crippen LogP contribution in [-0.2, 0) is 11.3 Å². The Bertz CT molecular complexity index is 1030. The Balaban J connectivity index is 1.74. The fourth-order valence-corrected chi connectivity index (χ4v) is 3.14. The molecule has 3 rings (SSSR count). The number of nitrogens with zero attached hydrogens (tertiary/aromatic N) is 3. The normalized spacial score (nSPS) is 11.2. The van der Waals surface area contributed by atoms with Crippen LogP contribution in [0.4, 0.5) is 4.39 Å². The quantitative estimate of drug-likeness (QED) is 0.571. The number of hydrogen-bond donors (Lipinski definition) is 0. The van der Waals surface area contributed by atoms with Gasteiger partial charge in [-0.2, -0.15) is 5.10 Å². The average molecular weight is 398 g/mol. The molecule has 144 valence electrons. The third kappa shape index (κ3) is 4.31. The molecule has 0 atom stereocenters. The first-order valence-electron chi connectivity index (χ1n) is 8.85. The number of aromatic nitrogens is 2. The van der Waals surface area contributed by atoms with Crippen molar-refractivity contribution in [3.05, 3.63) is 88.0 Å². The van der Waals surface area contributed by atoms with Crippen LogP contribution >= 0.6 is 11.6 Å². The van der Waals surface area contributed by atoms with Gasteiger partial charge in [0.2, 0.25) is 5.91 Å². The molecule has 0 aliphatic rings. The standard InChI is InChI=1S/C22H21ClFN3O/c1-15-19(16(2)27(25-15)18-7-5-4-6-8-18)14-26(3)22(28)12-10-17-9-11-21(24)20(23)13-17/h4-13H,14H2,1-3H3/b12-10+. The zero-order valence-electron chi connectivity index (χ0n) is 16.0. The van der Waals surface area contributed by atoms with E-state index in [1.54, 1.807) is 24.1 Å². The number of rotatable bonds is 5. The fraction of sp³-hybridized carbons (Fsp3) is 0.182. The Morgan fingerprint density at radius 1 is 1.21 bits per heavy atom. The Morgan fingerprint density at radius 2 is 1.93 bits per heavy atom. The summed E-state index contributed by atoms with van der Waals surface area (Å²) in [7, 11) is 1.74. The molecule has 0 radical (unpaired) electrons. The third-order valence-electron chi connectivity index (χ3n) is 4.58. The van der Waals surface area contributed by atoms with E-state index in [0.717, 1.165) is 22.6 Å². The summed E-state index contributed by atoms with van der Waals surface area (Å²) in [6.07, 6.45) is 3.08. The van der Waals surface area contributed by atoms with E-state index in [1.807, 2.05) is 48.9 Å². The number of carbonyl (C=O) groups is 1. The molecule has 4 nitrogen and oxygen atoms in total. The summed E-state index contributed by atoms with van der Waals surface area (Å²) >= 11 is 5.77. The molecular weight excluding hydrogens is 377 g/mol. The van der Waals surface area contributed by atoms with Gasteiger partial charge in [-0.3, -0.25) is 4.79 Å². The van der Waals surface area contributed by atoms with Crippen molar-refractivity contribution in [2.45, 2.75) is 20.4 Å². The second kappa shape index (κ2) is 8.40. The lowest BCUT2D eigenvalue weighted by Gasteiger charge is -2.15. The molecule has 0 aliphatic carbocycles. The van der Waals surface area contributed by atoms with E-state index in [-0.39, 0.29) is 10.9 Å². The summed E-state index contributed by atoms with van der Waals surface area (Å²) < 4.78 is 15.1. The Hall–Kier alpha value is -2.92. The maximum atomic E-state index is 13.2. The zero-order valence-corrected chi connectivity index (χ0v) is 16.7. The molecule has 28 heavy (non-hydrogen) atoms. The van der Waals surface area contributed by atoms with Gasteiger partial charge in [0, 0.05) is 30.9 Å². The number of halogens is 2. The van der Waals surface area contributed by atoms with Gasteiger partial charge in [-0.1, -0.05) is 35.9 Å². The van der Waals surface area contributed by atoms with Gasteiger partial charge in [0.25, 0.3) is 0 Å². The van der Waals surface area contributed by atoms with E-state index < -0.39 is 5.82 Å². The van der Waals surface area contributed by atoms with Crippen molar-refractivity contribution in [3.63, 3.8) is 0 Å². The number of aryl methyl sites for hydroxylation is 1. The van der Waals surface area contributed by atoms with Gasteiger partial charge in [-0.05, 0) is 49.8 Å². The first-order valence-corrected chi connectivity index (χ1v) is 9.23. The van der Waals surface area contributed by atoms with Crippen LogP contribution < -0.4 is 0 Å². The summed E-state index contributed by atoms with van der Waals surface area (Å²) in [6.45, 7) is 4.38. The molecule has 0 spiro atoms. The molecular formula is C22H21ClFN3O. The van der Waals surface area contributed by atoms with Crippen LogP contribution in [0, 0.1) is 19.7 Å². The average Bonchev–Trinajstić information content (AvgIpc) is 2.97. The monoisotopic (exact) mass is 397 g/mol. The van der Waals surface area contributed by atoms with Crippen LogP contribution in [0.15, 0.2) is 54.6 Å². The highest BCUT2D eigenvalue weighted by Crippen LogP contribution is 2.20. The van der Waals surface area contributed by atoms with Crippen LogP contribution in [0.5, 0.6) is 0 Å². The van der Waals surface area contributed by atoms with Crippen molar-refractivity contribution in [3.8, 4) is 5.69 Å². The summed E-state index contributed by atoms with van der Waals surface area (Å²) in [5.41, 5.74) is 4.54. The summed E-state index contributed by atoms with van der Waals surface area (Å²) in [4.78, 5) is 14.1. The molecule has 1 heterocycles. The Kier molecular flexibility index (Phi) is 5.95. The highest BCUT2D eigenvalue weighted by Gasteiger charge is 2.16. The fourth-order valence-electron chi connectivity index (χ4n) is 2.95. The Morgan fingerprint density at radius 3 is 2.61 bits per heavy atom. The highest BCUT2D eigenvalue weighted by molar-refractivity contribution is 6.30. The van der Waals surface area contributed by atoms with Crippen LogP contribution in [0.25, 0.3) is 11.8 Å². The van der Waals surface area contributed by atoms with Crippen LogP contribution in [0.3, 0.4) is 0 Å². The summed E-state index contributed by atoms with van der Waals surface area (Å²) in [6, 6.07) is 14.2. The van der Waals surface area contributed by atoms with Crippen molar-refractivity contribution in [2.75, 3.05) is 7.05 Å². The molecule has 0 saturated carbocycles. The topological polar surface area (TPSA) is 38.1 Å². The van der Waals surface area contributed by atoms with Crippen molar-refractivity contribution in [1.82, 2.24) is 14.7 Å². The van der Waals surface area contributed by atoms with Gasteiger partial charge in [0.15, 0.2) is 0 Å². The largest absolute Gasteiger partial charge is 0.338 e. The van der Waals surface area contributed by atoms with Gasteiger partial charge in [0.1, 0.15) is 5.82 Å². The SMILES string of the molecule is Cc1nn(-c2ccccc2)c(C)c1CN(C)C(=O)/C=C/c1ccc(F)c(Cl)c1. The van der Waals surface area contributed by atoms with Crippen molar-refractivity contribution in [2.24, 2.45) is 0 Å². The number of amides is 1. The van der Waals surface area contributed by atoms with Crippen molar-refractivity contribution < 1.29 is 9.18 Å². The minimum Gasteiger partial charge on any atom is -0.338 e. The molecule has 0 bridgehead atoms. The number of para-hydroxylation sites is 1. The molecule has 0 unspecified atom stereocenters. The molecule has 0 aliphatic heterocycles. The van der Waals surface area contributed by atoms with E-state index >= 15 is 0 Å². The van der Waals surface area contributed by atoms with Gasteiger partial charge < -0.3 is 4.90 Å². The number of carbonyl (C=O) groups excluding carboxylic acids is 1. The number of hydrogen-bond acceptors (Lipinski definition) is 2. The summed E-state index contributed by atoms with van der Waals surface area (Å²) in [5, 5.41) is 4.64. The molecule has 0 saturated heterocycles. The van der Waals surface area contributed by atoms with Gasteiger partial charge >= 0.3 is 0 Å². The third-order valence-corrected chi connectivity index (χ3v) is 4.87. The highest BCUT2D eigenvalue weighted by atomic mass is 35.5. The second-order valence-electron chi connectivity index (χ2n) is 6.60. The van der Waals surface area contributed by atoms with Crippen molar-refractivity contribution >= 4 is 23.6 Å². The van der Waals surface area contributed by atoms with E-state index in [4.69, 9.17) is 11.6 Å². The Labute approximate surface area is 168 Å². The molecule has 2 aromatic carbocycles. The lowest BCUT2D eigenvalue weighted by molar-refractivity contribution is -0.125. The van der Waals surface area contributed by atoms with Gasteiger partial charge in [-0.25, -0.2) is 9.07 Å². The molecule has 3 aromatic rings. The molecule has 6 heteroatoms. The van der Waals surface area contributed by atoms with Crippen LogP contribution in [0.1, 0.15) is 22.5 Å². The minimum atomic E-state index is -0.483. The summed E-state index contributed by atoms with van der Waals surface area (Å²) in [5.74, 6) is -0.643. The minimum absolute atomic E-state index is 0.0301. The zero-order chi connectivity index (χ0) is 20.3. The molecule has 0 N–H and O–H groups in total. The lowest BCUT2D eigenvalue weighted by atomic mass is 10.1. The second-order valence-corrected chi connectivity index (χ2v) is 7.01. The maximum Gasteiger partial charge on any atom is 0.246 e. The maximum absolute atomic E-state index is 13.2. The van der Waals surface area contributed by atoms with Crippen molar-refractivity contribution in [1.29, 1.82) is 0 Å². The molecule has 0 fully saturated rings. The molecule has 1 aromatic heterocycles. The lowest BCUT2D eigenvalue weighted by Crippen LogP contribution is -2.24. The number of likely N-dealkylation sites (N-methyl/N-ethyl adjacent to an activating group) is 1. The van der Waals surface area contributed by atoms with Gasteiger partial charge in [-0.15, -0.1) is 0 Å².